The zero-order chi connectivity index (χ0) is 28.6. The maximum atomic E-state index is 11.1. The summed E-state index contributed by atoms with van der Waals surface area (Å²) in [5.74, 6) is -2.63. The minimum absolute atomic E-state index is 2.63. The molecule has 3 heteroatoms. The number of thiol groups is 1. The second-order valence-electron chi connectivity index (χ2n) is 1.54. The van der Waals surface area contributed by atoms with Crippen molar-refractivity contribution in [2.24, 2.45) is 0 Å². The van der Waals surface area contributed by atoms with Crippen molar-refractivity contribution in [3.8, 4) is 0 Å². The van der Waals surface area contributed by atoms with E-state index < -0.39 is 69.0 Å². The van der Waals surface area contributed by atoms with Crippen molar-refractivity contribution < 1.29 is 37.3 Å². The Morgan fingerprint density at radius 2 is 1.43 bits per heavy atom. The van der Waals surface area contributed by atoms with Crippen molar-refractivity contribution in [3.05, 3.63) is 0 Å². The molecule has 84 valence electrons. The van der Waals surface area contributed by atoms with Crippen LogP contribution in [0.25, 0.3) is 0 Å². The first-order valence-corrected chi connectivity index (χ1v) is 3.60. The molecule has 0 amide bonds. The molecule has 0 saturated carbocycles. The summed E-state index contributed by atoms with van der Waals surface area (Å²) < 4.78 is 153. The Morgan fingerprint density at radius 1 is 1.00 bits per heavy atom. The van der Waals surface area contributed by atoms with Gasteiger partial charge in [0, 0.05) is 33.8 Å². The average Bonchev–Trinajstić information content (AvgIpc) is 2.58. The van der Waals surface area contributed by atoms with Gasteiger partial charge in [-0.25, -0.2) is 0 Å². The van der Waals surface area contributed by atoms with Gasteiger partial charge < -0.3 is 5.11 Å². The van der Waals surface area contributed by atoms with Crippen LogP contribution in [0.1, 0.15) is 84.8 Å². The molecule has 0 aromatic heterocycles. The van der Waals surface area contributed by atoms with Gasteiger partial charge >= 0.3 is 5.97 Å². The van der Waals surface area contributed by atoms with E-state index in [1.165, 1.54) is 0 Å². The minimum Gasteiger partial charge on any atom is -0.481 e. The van der Waals surface area contributed by atoms with Gasteiger partial charge in [0.2, 0.25) is 0 Å². The van der Waals surface area contributed by atoms with Gasteiger partial charge in [0.25, 0.3) is 0 Å². The molecule has 0 aromatic carbocycles. The Labute approximate surface area is 121 Å². The SMILES string of the molecule is [2H]C([2H])(S)C([2H])([2H])C([2H])([2H])C([2H])([2H])C([2H])([2H])C([2H])([2H])C([2H])([2H])C([2H])([2H])C([2H])([2H])C([2H])([2H])C(=O)O. The van der Waals surface area contributed by atoms with Crippen molar-refractivity contribution in [2.75, 3.05) is 5.70 Å². The van der Waals surface area contributed by atoms with Crippen molar-refractivity contribution in [1.29, 1.82) is 0 Å². The first kappa shape index (κ1) is 2.11. The Hall–Kier alpha value is -0.180. The molecular weight excluding hydrogens is 196 g/mol. The van der Waals surface area contributed by atoms with Crippen LogP contribution in [-0.4, -0.2) is 16.8 Å². The summed E-state index contributed by atoms with van der Waals surface area (Å²) in [6.45, 7) is 0. The molecule has 0 aromatic rings. The maximum Gasteiger partial charge on any atom is 0.303 e. The lowest BCUT2D eigenvalue weighted by atomic mass is 10.1. The molecule has 14 heavy (non-hydrogen) atoms. The molecule has 0 aliphatic heterocycles. The second-order valence-corrected chi connectivity index (χ2v) is 1.77. The van der Waals surface area contributed by atoms with E-state index in [0.29, 0.717) is 0 Å². The Bertz CT molecular complexity index is 795. The predicted molar refractivity (Wildman–Crippen MR) is 63.0 cm³/mol. The van der Waals surface area contributed by atoms with Gasteiger partial charge in [-0.15, -0.1) is 0 Å². The number of hydrogen-bond donors (Lipinski definition) is 2. The Kier molecular flexibility index (Phi) is 1.64. The summed E-state index contributed by atoms with van der Waals surface area (Å²) in [6, 6.07) is 0. The third-order valence-electron chi connectivity index (χ3n) is 0.663. The molecular formula is C11H22O2S. The average molecular weight is 238 g/mol. The smallest absolute Gasteiger partial charge is 0.303 e. The van der Waals surface area contributed by atoms with Gasteiger partial charge in [0.15, 0.2) is 0 Å². The molecule has 0 spiro atoms. The second kappa shape index (κ2) is 10.9. The number of rotatable bonds is 10. The summed E-state index contributed by atoms with van der Waals surface area (Å²) in [7, 11) is 0. The van der Waals surface area contributed by atoms with Crippen molar-refractivity contribution in [3.63, 3.8) is 0 Å². The number of aliphatic carboxylic acids is 1. The van der Waals surface area contributed by atoms with Gasteiger partial charge in [-0.1, -0.05) is 38.2 Å². The normalized spacial score (nSPS) is 41.8. The van der Waals surface area contributed by atoms with Crippen LogP contribution in [0, 0.1) is 0 Å². The molecule has 0 rings (SSSR count). The highest BCUT2D eigenvalue weighted by atomic mass is 32.1. The molecule has 0 saturated heterocycles. The fourth-order valence-electron chi connectivity index (χ4n) is 0.300. The van der Waals surface area contributed by atoms with Gasteiger partial charge in [-0.05, 0) is 18.5 Å². The number of carboxylic acids is 1. The van der Waals surface area contributed by atoms with Crippen LogP contribution in [0.5, 0.6) is 0 Å². The quantitative estimate of drug-likeness (QED) is 0.572. The lowest BCUT2D eigenvalue weighted by Gasteiger charge is -2.00. The highest BCUT2D eigenvalue weighted by Crippen LogP contribution is 2.09. The predicted octanol–water partition coefficient (Wildman–Crippen LogP) is 3.51. The highest BCUT2D eigenvalue weighted by Gasteiger charge is 1.96. The largest absolute Gasteiger partial charge is 0.481 e. The lowest BCUT2D eigenvalue weighted by Crippen LogP contribution is -1.93. The van der Waals surface area contributed by atoms with E-state index in [0.717, 1.165) is 0 Å². The van der Waals surface area contributed by atoms with E-state index in [-0.39, 0.29) is 0 Å². The van der Waals surface area contributed by atoms with Gasteiger partial charge in [0.1, 0.15) is 0 Å². The van der Waals surface area contributed by atoms with Crippen LogP contribution < -0.4 is 0 Å². The lowest BCUT2D eigenvalue weighted by molar-refractivity contribution is -0.137. The Balaban J connectivity index is 7.11. The first-order valence-electron chi connectivity index (χ1n) is 13.2. The summed E-state index contributed by atoms with van der Waals surface area (Å²) in [5.41, 5.74) is -3.50. The van der Waals surface area contributed by atoms with Crippen molar-refractivity contribution >= 4 is 18.6 Å². The number of carboxylic acid groups (broad SMARTS) is 1. The van der Waals surface area contributed by atoms with Gasteiger partial charge in [-0.3, -0.25) is 4.79 Å². The van der Waals surface area contributed by atoms with E-state index in [1.807, 2.05) is 0 Å². The molecule has 0 atom stereocenters. The summed E-state index contributed by atoms with van der Waals surface area (Å²) in [5, 5.41) is 8.90. The van der Waals surface area contributed by atoms with Crippen molar-refractivity contribution in [1.82, 2.24) is 0 Å². The summed E-state index contributed by atoms with van der Waals surface area (Å²) in [6.07, 6.45) is -40.0. The van der Waals surface area contributed by atoms with Crippen LogP contribution >= 0.6 is 12.6 Å². The van der Waals surface area contributed by atoms with Crippen LogP contribution in [0.2, 0.25) is 0 Å². The van der Waals surface area contributed by atoms with Crippen LogP contribution in [0.15, 0.2) is 0 Å². The monoisotopic (exact) mass is 238 g/mol. The van der Waals surface area contributed by atoms with Crippen LogP contribution in [-0.2, 0) is 4.79 Å². The van der Waals surface area contributed by atoms with E-state index >= 15 is 0 Å². The highest BCUT2D eigenvalue weighted by molar-refractivity contribution is 7.80. The number of hydrogen-bond acceptors (Lipinski definition) is 2. The fourth-order valence-corrected chi connectivity index (χ4v) is 0.356. The minimum atomic E-state index is -4.67. The van der Waals surface area contributed by atoms with E-state index in [1.54, 1.807) is 0 Å². The Morgan fingerprint density at radius 3 is 1.86 bits per heavy atom. The molecule has 0 fully saturated rings. The maximum absolute atomic E-state index is 11.1. The molecule has 0 aliphatic carbocycles. The van der Waals surface area contributed by atoms with Crippen LogP contribution in [0.3, 0.4) is 0 Å². The molecule has 0 unspecified atom stereocenters. The molecule has 0 heterocycles. The van der Waals surface area contributed by atoms with Gasteiger partial charge in [-0.2, -0.15) is 12.6 Å². The molecule has 0 aliphatic rings. The van der Waals surface area contributed by atoms with E-state index in [9.17, 15) is 4.79 Å². The molecule has 0 bridgehead atoms. The van der Waals surface area contributed by atoms with Gasteiger partial charge in [0.05, 0.1) is 0 Å². The summed E-state index contributed by atoms with van der Waals surface area (Å²) in [4.78, 5) is 11.1. The third-order valence-corrected chi connectivity index (χ3v) is 0.775. The molecule has 2 nitrogen and oxygen atoms in total. The third kappa shape index (κ3) is 11.8. The van der Waals surface area contributed by atoms with Crippen LogP contribution in [0.4, 0.5) is 0 Å². The first-order chi connectivity index (χ1) is 14.2. The zero-order valence-corrected chi connectivity index (χ0v) is 7.70. The van der Waals surface area contributed by atoms with E-state index in [4.69, 9.17) is 32.5 Å². The molecule has 0 radical (unpaired) electrons. The molecule has 1 N–H and O–H groups in total. The number of carbonyl (C=O) groups is 1. The topological polar surface area (TPSA) is 37.3 Å². The van der Waals surface area contributed by atoms with Crippen molar-refractivity contribution in [2.45, 2.75) is 57.4 Å². The summed E-state index contributed by atoms with van der Waals surface area (Å²) >= 11 is 3.17. The van der Waals surface area contributed by atoms with E-state index in [2.05, 4.69) is 12.6 Å². The fraction of sp³-hybridized carbons (Fsp3) is 0.909. The zero-order valence-electron chi connectivity index (χ0n) is 26.8. The standard InChI is InChI=1S/C11H22O2S/c12-11(13)9-7-5-3-1-2-4-6-8-10-14/h14H,1-10H2,(H,12,13)/i1D2,2D2,3D2,4D2,5D2,6D2,7D2,8D2,9D2,10D2.